The van der Waals surface area contributed by atoms with Crippen molar-refractivity contribution in [3.05, 3.63) is 71.0 Å². The Morgan fingerprint density at radius 3 is 2.50 bits per heavy atom. The SMILES string of the molecule is COC(=O)C(NC(=O)[C@@H]1C[C@H]1c1ccc(F)cc1F)c1ccccc1F. The van der Waals surface area contributed by atoms with Gasteiger partial charge in [-0.05, 0) is 30.0 Å². The lowest BCUT2D eigenvalue weighted by Crippen LogP contribution is -2.36. The molecule has 0 saturated heterocycles. The first kappa shape index (κ1) is 18.0. The minimum Gasteiger partial charge on any atom is -0.467 e. The van der Waals surface area contributed by atoms with Crippen LogP contribution in [0.25, 0.3) is 0 Å². The lowest BCUT2D eigenvalue weighted by atomic mass is 10.0. The molecule has 1 unspecified atom stereocenters. The third-order valence-corrected chi connectivity index (χ3v) is 4.43. The Labute approximate surface area is 148 Å². The fraction of sp³-hybridized carbons (Fsp3) is 0.263. The average Bonchev–Trinajstić information content (AvgIpc) is 3.40. The molecule has 0 radical (unpaired) electrons. The first-order valence-electron chi connectivity index (χ1n) is 8.00. The number of carbonyl (C=O) groups excluding carboxylic acids is 2. The van der Waals surface area contributed by atoms with E-state index in [0.717, 1.165) is 19.2 Å². The van der Waals surface area contributed by atoms with Gasteiger partial charge in [-0.25, -0.2) is 18.0 Å². The molecule has 4 nitrogen and oxygen atoms in total. The molecular formula is C19H16F3NO3. The van der Waals surface area contributed by atoms with Gasteiger partial charge >= 0.3 is 5.97 Å². The molecule has 3 atom stereocenters. The van der Waals surface area contributed by atoms with E-state index in [1.165, 1.54) is 30.3 Å². The predicted molar refractivity (Wildman–Crippen MR) is 86.5 cm³/mol. The Balaban J connectivity index is 1.75. The van der Waals surface area contributed by atoms with Gasteiger partial charge in [0.15, 0.2) is 6.04 Å². The molecule has 0 heterocycles. The monoisotopic (exact) mass is 363 g/mol. The Bertz CT molecular complexity index is 856. The topological polar surface area (TPSA) is 55.4 Å². The zero-order valence-electron chi connectivity index (χ0n) is 13.8. The standard InChI is InChI=1S/C19H16F3NO3/c1-26-19(25)17(12-4-2-3-5-15(12)21)23-18(24)14-9-13(14)11-7-6-10(20)8-16(11)22/h2-8,13-14,17H,9H2,1H3,(H,23,24)/t13-,14+,17?/m0/s1. The molecule has 26 heavy (non-hydrogen) atoms. The van der Waals surface area contributed by atoms with Crippen LogP contribution in [0, 0.1) is 23.4 Å². The van der Waals surface area contributed by atoms with Gasteiger partial charge in [-0.1, -0.05) is 24.3 Å². The number of benzene rings is 2. The summed E-state index contributed by atoms with van der Waals surface area (Å²) in [6.07, 6.45) is 0.361. The lowest BCUT2D eigenvalue weighted by molar-refractivity contribution is -0.145. The van der Waals surface area contributed by atoms with Crippen molar-refractivity contribution >= 4 is 11.9 Å². The molecule has 2 aromatic rings. The molecule has 2 aromatic carbocycles. The number of rotatable bonds is 5. The predicted octanol–water partition coefficient (Wildman–Crippen LogP) is 3.24. The van der Waals surface area contributed by atoms with Crippen molar-refractivity contribution in [2.24, 2.45) is 5.92 Å². The number of methoxy groups -OCH3 is 1. The smallest absolute Gasteiger partial charge is 0.333 e. The maximum atomic E-state index is 14.0. The second-order valence-corrected chi connectivity index (χ2v) is 6.10. The third-order valence-electron chi connectivity index (χ3n) is 4.43. The lowest BCUT2D eigenvalue weighted by Gasteiger charge is -2.17. The van der Waals surface area contributed by atoms with Crippen LogP contribution in [0.4, 0.5) is 13.2 Å². The molecule has 1 saturated carbocycles. The van der Waals surface area contributed by atoms with Crippen molar-refractivity contribution in [3.63, 3.8) is 0 Å². The van der Waals surface area contributed by atoms with Gasteiger partial charge in [0.2, 0.25) is 5.91 Å². The van der Waals surface area contributed by atoms with Crippen LogP contribution in [0.2, 0.25) is 0 Å². The summed E-state index contributed by atoms with van der Waals surface area (Å²) in [4.78, 5) is 24.4. The van der Waals surface area contributed by atoms with Crippen LogP contribution in [0.15, 0.2) is 42.5 Å². The molecule has 0 spiro atoms. The first-order valence-corrected chi connectivity index (χ1v) is 8.00. The number of ether oxygens (including phenoxy) is 1. The number of esters is 1. The van der Waals surface area contributed by atoms with Crippen LogP contribution in [-0.2, 0) is 14.3 Å². The second-order valence-electron chi connectivity index (χ2n) is 6.10. The summed E-state index contributed by atoms with van der Waals surface area (Å²) >= 11 is 0. The maximum Gasteiger partial charge on any atom is 0.333 e. The molecule has 7 heteroatoms. The Morgan fingerprint density at radius 1 is 1.12 bits per heavy atom. The van der Waals surface area contributed by atoms with Crippen molar-refractivity contribution in [2.45, 2.75) is 18.4 Å². The number of carbonyl (C=O) groups is 2. The van der Waals surface area contributed by atoms with E-state index in [-0.39, 0.29) is 11.1 Å². The third kappa shape index (κ3) is 3.56. The molecule has 1 fully saturated rings. The van der Waals surface area contributed by atoms with E-state index in [4.69, 9.17) is 0 Å². The zero-order chi connectivity index (χ0) is 18.8. The largest absolute Gasteiger partial charge is 0.467 e. The minimum absolute atomic E-state index is 0.0159. The second kappa shape index (κ2) is 7.19. The van der Waals surface area contributed by atoms with Crippen molar-refractivity contribution in [1.29, 1.82) is 0 Å². The zero-order valence-corrected chi connectivity index (χ0v) is 13.8. The van der Waals surface area contributed by atoms with Crippen molar-refractivity contribution < 1.29 is 27.5 Å². The van der Waals surface area contributed by atoms with E-state index in [0.29, 0.717) is 6.42 Å². The van der Waals surface area contributed by atoms with E-state index in [9.17, 15) is 22.8 Å². The normalized spacial score (nSPS) is 19.5. The van der Waals surface area contributed by atoms with Crippen LogP contribution in [0.3, 0.4) is 0 Å². The quantitative estimate of drug-likeness (QED) is 0.830. The summed E-state index contributed by atoms with van der Waals surface area (Å²) in [6, 6.07) is 7.44. The molecule has 1 aliphatic carbocycles. The summed E-state index contributed by atoms with van der Waals surface area (Å²) in [5, 5.41) is 2.47. The van der Waals surface area contributed by atoms with Gasteiger partial charge in [0.05, 0.1) is 7.11 Å². The van der Waals surface area contributed by atoms with Crippen LogP contribution in [0.1, 0.15) is 29.5 Å². The summed E-state index contributed by atoms with van der Waals surface area (Å²) in [5.74, 6) is -4.38. The molecule has 0 bridgehead atoms. The minimum atomic E-state index is -1.30. The number of hydrogen-bond donors (Lipinski definition) is 1. The molecular weight excluding hydrogens is 347 g/mol. The van der Waals surface area contributed by atoms with Crippen LogP contribution in [0.5, 0.6) is 0 Å². The molecule has 136 valence electrons. The highest BCUT2D eigenvalue weighted by Gasteiger charge is 2.46. The van der Waals surface area contributed by atoms with Gasteiger partial charge in [0, 0.05) is 17.5 Å². The van der Waals surface area contributed by atoms with E-state index < -0.39 is 47.2 Å². The van der Waals surface area contributed by atoms with Crippen LogP contribution in [-0.4, -0.2) is 19.0 Å². The Morgan fingerprint density at radius 2 is 1.85 bits per heavy atom. The molecule has 0 aliphatic heterocycles. The number of nitrogens with one attached hydrogen (secondary N) is 1. The highest BCUT2D eigenvalue weighted by Crippen LogP contribution is 2.48. The van der Waals surface area contributed by atoms with Gasteiger partial charge in [-0.3, -0.25) is 4.79 Å². The highest BCUT2D eigenvalue weighted by molar-refractivity contribution is 5.88. The maximum absolute atomic E-state index is 14.0. The van der Waals surface area contributed by atoms with Crippen molar-refractivity contribution in [3.8, 4) is 0 Å². The van der Waals surface area contributed by atoms with Crippen LogP contribution >= 0.6 is 0 Å². The van der Waals surface area contributed by atoms with Crippen molar-refractivity contribution in [2.75, 3.05) is 7.11 Å². The van der Waals surface area contributed by atoms with Gasteiger partial charge in [0.1, 0.15) is 17.5 Å². The number of amides is 1. The highest BCUT2D eigenvalue weighted by atomic mass is 19.1. The van der Waals surface area contributed by atoms with Gasteiger partial charge in [-0.15, -0.1) is 0 Å². The van der Waals surface area contributed by atoms with E-state index in [2.05, 4.69) is 10.1 Å². The summed E-state index contributed by atoms with van der Waals surface area (Å²) < 4.78 is 45.5. The first-order chi connectivity index (χ1) is 12.4. The fourth-order valence-electron chi connectivity index (χ4n) is 2.97. The van der Waals surface area contributed by atoms with E-state index >= 15 is 0 Å². The molecule has 1 N–H and O–H groups in total. The average molecular weight is 363 g/mol. The Kier molecular flexibility index (Phi) is 4.97. The summed E-state index contributed by atoms with van der Waals surface area (Å²) in [6.45, 7) is 0. The van der Waals surface area contributed by atoms with Gasteiger partial charge < -0.3 is 10.1 Å². The summed E-state index contributed by atoms with van der Waals surface area (Å²) in [7, 11) is 1.14. The van der Waals surface area contributed by atoms with E-state index in [1.54, 1.807) is 0 Å². The summed E-state index contributed by atoms with van der Waals surface area (Å²) in [5.41, 5.74) is 0.227. The molecule has 1 amide bonds. The molecule has 1 aliphatic rings. The van der Waals surface area contributed by atoms with Crippen molar-refractivity contribution in [1.82, 2.24) is 5.32 Å². The molecule has 0 aromatic heterocycles. The van der Waals surface area contributed by atoms with Gasteiger partial charge in [0.25, 0.3) is 0 Å². The number of hydrogen-bond acceptors (Lipinski definition) is 3. The van der Waals surface area contributed by atoms with Crippen LogP contribution < -0.4 is 5.32 Å². The number of halogens is 3. The molecule has 3 rings (SSSR count). The van der Waals surface area contributed by atoms with Gasteiger partial charge in [-0.2, -0.15) is 0 Å². The fourth-order valence-corrected chi connectivity index (χ4v) is 2.97. The van der Waals surface area contributed by atoms with E-state index in [1.807, 2.05) is 0 Å². The Hall–Kier alpha value is -2.83.